The van der Waals surface area contributed by atoms with Crippen molar-refractivity contribution in [3.05, 3.63) is 100 Å². The Bertz CT molecular complexity index is 1150. The molecular formula is C24H24N4O4S. The highest BCUT2D eigenvalue weighted by Gasteiger charge is 2.31. The first-order valence-electron chi connectivity index (χ1n) is 10.3. The van der Waals surface area contributed by atoms with Gasteiger partial charge in [0.05, 0.1) is 4.92 Å². The van der Waals surface area contributed by atoms with E-state index in [0.29, 0.717) is 11.3 Å². The van der Waals surface area contributed by atoms with E-state index >= 15 is 0 Å². The van der Waals surface area contributed by atoms with E-state index in [2.05, 4.69) is 23.4 Å². The number of amides is 3. The molecule has 0 aromatic heterocycles. The van der Waals surface area contributed by atoms with Crippen molar-refractivity contribution in [1.29, 1.82) is 0 Å². The van der Waals surface area contributed by atoms with Crippen LogP contribution in [0.5, 0.6) is 0 Å². The maximum absolute atomic E-state index is 13.4. The molecule has 3 amide bonds. The van der Waals surface area contributed by atoms with Gasteiger partial charge in [-0.2, -0.15) is 0 Å². The number of hydrogen-bond acceptors (Lipinski definition) is 5. The molecule has 0 bridgehead atoms. The van der Waals surface area contributed by atoms with E-state index in [4.69, 9.17) is 0 Å². The summed E-state index contributed by atoms with van der Waals surface area (Å²) >= 11 is 4.31. The van der Waals surface area contributed by atoms with Crippen LogP contribution in [-0.4, -0.2) is 21.2 Å². The Labute approximate surface area is 197 Å². The summed E-state index contributed by atoms with van der Waals surface area (Å²) in [4.78, 5) is 37.0. The average molecular weight is 465 g/mol. The fourth-order valence-electron chi connectivity index (χ4n) is 3.38. The molecule has 0 aliphatic rings. The number of nitrogens with zero attached hydrogens (tertiary/aromatic N) is 2. The van der Waals surface area contributed by atoms with E-state index < -0.39 is 22.9 Å². The Morgan fingerprint density at radius 1 is 0.879 bits per heavy atom. The lowest BCUT2D eigenvalue weighted by Crippen LogP contribution is -2.38. The van der Waals surface area contributed by atoms with E-state index in [0.717, 1.165) is 9.87 Å². The summed E-state index contributed by atoms with van der Waals surface area (Å²) in [5.41, 5.74) is 1.86. The third kappa shape index (κ3) is 5.69. The number of thiol groups is 1. The van der Waals surface area contributed by atoms with Gasteiger partial charge in [-0.3, -0.25) is 19.2 Å². The van der Waals surface area contributed by atoms with Crippen molar-refractivity contribution in [1.82, 2.24) is 4.31 Å². The molecule has 0 fully saturated rings. The fourth-order valence-corrected chi connectivity index (χ4v) is 3.67. The highest BCUT2D eigenvalue weighted by molar-refractivity contribution is 7.78. The van der Waals surface area contributed by atoms with Crippen LogP contribution in [0, 0.1) is 10.1 Å². The molecule has 1 unspecified atom stereocenters. The molecule has 0 radical (unpaired) electrons. The Morgan fingerprint density at radius 2 is 1.45 bits per heavy atom. The van der Waals surface area contributed by atoms with Crippen LogP contribution < -0.4 is 10.6 Å². The number of nitro groups is 1. The molecule has 0 saturated heterocycles. The van der Waals surface area contributed by atoms with Crippen LogP contribution in [0.4, 0.5) is 21.9 Å². The van der Waals surface area contributed by atoms with Gasteiger partial charge in [0.25, 0.3) is 11.6 Å². The third-order valence-corrected chi connectivity index (χ3v) is 5.41. The molecule has 0 saturated carbocycles. The maximum atomic E-state index is 13.4. The van der Waals surface area contributed by atoms with Crippen LogP contribution in [0.2, 0.25) is 0 Å². The summed E-state index contributed by atoms with van der Waals surface area (Å²) in [6.45, 7) is 4.04. The van der Waals surface area contributed by atoms with E-state index in [1.54, 1.807) is 42.5 Å². The van der Waals surface area contributed by atoms with Crippen LogP contribution in [0.15, 0.2) is 78.9 Å². The normalized spacial score (nSPS) is 11.5. The number of hydrogen-bond donors (Lipinski definition) is 3. The molecule has 170 valence electrons. The summed E-state index contributed by atoms with van der Waals surface area (Å²) in [6.07, 6.45) is 0. The smallest absolute Gasteiger partial charge is 0.324 e. The van der Waals surface area contributed by atoms with Gasteiger partial charge in [-0.05, 0) is 29.2 Å². The van der Waals surface area contributed by atoms with Gasteiger partial charge in [0.15, 0.2) is 0 Å². The Morgan fingerprint density at radius 3 is 2.09 bits per heavy atom. The first-order valence-corrected chi connectivity index (χ1v) is 10.7. The summed E-state index contributed by atoms with van der Waals surface area (Å²) in [6, 6.07) is 20.0. The zero-order valence-electron chi connectivity index (χ0n) is 18.1. The number of urea groups is 1. The van der Waals surface area contributed by atoms with Crippen LogP contribution in [0.3, 0.4) is 0 Å². The Hall–Kier alpha value is -3.85. The predicted octanol–water partition coefficient (Wildman–Crippen LogP) is 5.78. The second kappa shape index (κ2) is 10.6. The number of rotatable bonds is 7. The van der Waals surface area contributed by atoms with Gasteiger partial charge >= 0.3 is 6.03 Å². The first kappa shape index (κ1) is 23.8. The minimum atomic E-state index is -1.10. The summed E-state index contributed by atoms with van der Waals surface area (Å²) in [5, 5.41) is 16.7. The number of benzene rings is 3. The van der Waals surface area contributed by atoms with Crippen molar-refractivity contribution in [2.45, 2.75) is 25.8 Å². The molecule has 3 aromatic carbocycles. The van der Waals surface area contributed by atoms with E-state index in [1.165, 1.54) is 18.2 Å². The van der Waals surface area contributed by atoms with Crippen molar-refractivity contribution in [3.63, 3.8) is 0 Å². The van der Waals surface area contributed by atoms with Crippen molar-refractivity contribution in [3.8, 4) is 0 Å². The zero-order valence-corrected chi connectivity index (χ0v) is 19.0. The van der Waals surface area contributed by atoms with Crippen molar-refractivity contribution in [2.75, 3.05) is 10.6 Å². The van der Waals surface area contributed by atoms with Gasteiger partial charge in [-0.15, -0.1) is 0 Å². The quantitative estimate of drug-likeness (QED) is 0.234. The zero-order chi connectivity index (χ0) is 24.0. The molecule has 3 aromatic rings. The van der Waals surface area contributed by atoms with Crippen LogP contribution in [-0.2, 0) is 4.79 Å². The largest absolute Gasteiger partial charge is 0.332 e. The molecule has 1 atom stereocenters. The molecule has 3 rings (SSSR count). The Balaban J connectivity index is 1.91. The van der Waals surface area contributed by atoms with Crippen LogP contribution in [0.25, 0.3) is 0 Å². The van der Waals surface area contributed by atoms with Crippen molar-refractivity contribution in [2.24, 2.45) is 0 Å². The lowest BCUT2D eigenvalue weighted by atomic mass is 10.0. The van der Waals surface area contributed by atoms with Crippen LogP contribution >= 0.6 is 12.8 Å². The second-order valence-corrected chi connectivity index (χ2v) is 8.02. The summed E-state index contributed by atoms with van der Waals surface area (Å²) in [7, 11) is 0. The van der Waals surface area contributed by atoms with Crippen LogP contribution in [0.1, 0.15) is 36.9 Å². The molecule has 9 heteroatoms. The highest BCUT2D eigenvalue weighted by atomic mass is 32.1. The lowest BCUT2D eigenvalue weighted by Gasteiger charge is -2.27. The molecule has 2 N–H and O–H groups in total. The van der Waals surface area contributed by atoms with Crippen molar-refractivity contribution >= 4 is 41.8 Å². The average Bonchev–Trinajstić information content (AvgIpc) is 2.80. The molecule has 0 heterocycles. The van der Waals surface area contributed by atoms with Gasteiger partial charge < -0.3 is 10.6 Å². The SMILES string of the molecule is CC(C)c1ccccc1NC(=O)C(c1ccccc1)N(S)C(=O)Nc1ccccc1[N+](=O)[O-]. The van der Waals surface area contributed by atoms with Gasteiger partial charge in [0.1, 0.15) is 11.7 Å². The summed E-state index contributed by atoms with van der Waals surface area (Å²) in [5.74, 6) is -0.298. The number of carbonyl (C=O) groups excluding carboxylic acids is 2. The standard InChI is InChI=1S/C24H24N4O4S/c1-16(2)18-12-6-7-13-19(18)25-23(29)22(17-10-4-3-5-11-17)27(33)24(30)26-20-14-8-9-15-21(20)28(31)32/h3-16,22,33H,1-2H3,(H,25,29)(H,26,30). The predicted molar refractivity (Wildman–Crippen MR) is 131 cm³/mol. The molecule has 8 nitrogen and oxygen atoms in total. The van der Waals surface area contributed by atoms with E-state index in [1.807, 2.05) is 32.0 Å². The van der Waals surface area contributed by atoms with E-state index in [-0.39, 0.29) is 17.3 Å². The highest BCUT2D eigenvalue weighted by Crippen LogP contribution is 2.30. The number of anilines is 2. The Kier molecular flexibility index (Phi) is 7.68. The number of para-hydroxylation sites is 3. The minimum Gasteiger partial charge on any atom is -0.324 e. The number of nitro benzene ring substituents is 1. The van der Waals surface area contributed by atoms with Gasteiger partial charge in [-0.1, -0.05) is 87.3 Å². The second-order valence-electron chi connectivity index (χ2n) is 7.59. The molecule has 0 spiro atoms. The topological polar surface area (TPSA) is 105 Å². The maximum Gasteiger partial charge on any atom is 0.332 e. The van der Waals surface area contributed by atoms with Gasteiger partial charge in [0.2, 0.25) is 0 Å². The molecule has 33 heavy (non-hydrogen) atoms. The summed E-state index contributed by atoms with van der Waals surface area (Å²) < 4.78 is 0.930. The molecular weight excluding hydrogens is 440 g/mol. The lowest BCUT2D eigenvalue weighted by molar-refractivity contribution is -0.383. The molecule has 0 aliphatic heterocycles. The molecule has 0 aliphatic carbocycles. The van der Waals surface area contributed by atoms with Gasteiger partial charge in [-0.25, -0.2) is 4.79 Å². The number of nitrogens with one attached hydrogen (secondary N) is 2. The minimum absolute atomic E-state index is 0.00363. The van der Waals surface area contributed by atoms with E-state index in [9.17, 15) is 19.7 Å². The monoisotopic (exact) mass is 464 g/mol. The fraction of sp³-hybridized carbons (Fsp3) is 0.167. The number of carbonyl (C=O) groups is 2. The first-order chi connectivity index (χ1) is 15.8. The van der Waals surface area contributed by atoms with Gasteiger partial charge in [0, 0.05) is 11.8 Å². The van der Waals surface area contributed by atoms with Crippen molar-refractivity contribution < 1.29 is 14.5 Å². The third-order valence-electron chi connectivity index (χ3n) is 5.00.